The fourth-order valence-corrected chi connectivity index (χ4v) is 5.02. The first-order chi connectivity index (χ1) is 19.9. The summed E-state index contributed by atoms with van der Waals surface area (Å²) in [4.78, 5) is 27.7. The summed E-state index contributed by atoms with van der Waals surface area (Å²) in [5, 5.41) is 30.1. The van der Waals surface area contributed by atoms with Gasteiger partial charge in [0.2, 0.25) is 0 Å². The summed E-state index contributed by atoms with van der Waals surface area (Å²) in [7, 11) is 0. The average Bonchev–Trinajstić information content (AvgIpc) is 3.37. The Bertz CT molecular complexity index is 1590. The van der Waals surface area contributed by atoms with Crippen LogP contribution in [0.5, 0.6) is 5.75 Å². The van der Waals surface area contributed by atoms with Crippen molar-refractivity contribution in [1.29, 1.82) is 0 Å². The van der Waals surface area contributed by atoms with Crippen molar-refractivity contribution in [2.24, 2.45) is 0 Å². The predicted molar refractivity (Wildman–Crippen MR) is 161 cm³/mol. The van der Waals surface area contributed by atoms with E-state index in [0.717, 1.165) is 15.4 Å². The second kappa shape index (κ2) is 13.2. The summed E-state index contributed by atoms with van der Waals surface area (Å²) in [6, 6.07) is 19.5. The number of rotatable bonds is 11. The lowest BCUT2D eigenvalue weighted by molar-refractivity contribution is -0.159. The van der Waals surface area contributed by atoms with Crippen LogP contribution in [0.15, 0.2) is 82.6 Å². The van der Waals surface area contributed by atoms with E-state index in [4.69, 9.17) is 9.47 Å². The molecule has 1 heterocycles. The van der Waals surface area contributed by atoms with E-state index in [1.165, 1.54) is 11.7 Å². The number of fused-ring (bicyclic) bond motifs is 1. The van der Waals surface area contributed by atoms with Gasteiger partial charge in [0.05, 0.1) is 6.61 Å². The molecule has 3 aromatic carbocycles. The average molecular weight is 590 g/mol. The minimum absolute atomic E-state index is 0.00725. The van der Waals surface area contributed by atoms with Crippen molar-refractivity contribution < 1.29 is 29.3 Å². The quantitative estimate of drug-likeness (QED) is 0.172. The zero-order chi connectivity index (χ0) is 30.4. The number of aryl methyl sites for hydroxylation is 1. The lowest BCUT2D eigenvalue weighted by atomic mass is 9.84. The molecule has 0 bridgehead atoms. The Hall–Kier alpha value is -4.15. The van der Waals surface area contributed by atoms with Crippen LogP contribution in [0, 0.1) is 0 Å². The molecule has 0 aliphatic carbocycles. The van der Waals surface area contributed by atoms with Gasteiger partial charge in [-0.25, -0.2) is 4.79 Å². The van der Waals surface area contributed by atoms with Crippen LogP contribution in [-0.4, -0.2) is 56.5 Å². The van der Waals surface area contributed by atoms with Gasteiger partial charge in [-0.05, 0) is 60.7 Å². The highest BCUT2D eigenvalue weighted by Gasteiger charge is 2.24. The van der Waals surface area contributed by atoms with Gasteiger partial charge in [-0.1, -0.05) is 63.4 Å². The van der Waals surface area contributed by atoms with Crippen molar-refractivity contribution in [2.75, 3.05) is 13.2 Å². The highest BCUT2D eigenvalue weighted by atomic mass is 32.2. The Labute approximate surface area is 249 Å². The fourth-order valence-electron chi connectivity index (χ4n) is 4.14. The first-order valence-electron chi connectivity index (χ1n) is 13.5. The van der Waals surface area contributed by atoms with Gasteiger partial charge in [0, 0.05) is 27.3 Å². The topological polar surface area (TPSA) is 124 Å². The fraction of sp³-hybridized carbons (Fsp3) is 0.312. The number of hydrogen-bond donors (Lipinski definition) is 2. The number of aromatic hydroxyl groups is 1. The molecule has 0 spiro atoms. The third-order valence-corrected chi connectivity index (χ3v) is 7.37. The Morgan fingerprint density at radius 3 is 2.40 bits per heavy atom. The maximum atomic E-state index is 12.6. The number of benzene rings is 3. The second-order valence-corrected chi connectivity index (χ2v) is 12.1. The van der Waals surface area contributed by atoms with Gasteiger partial charge in [-0.15, -0.1) is 15.0 Å². The smallest absolute Gasteiger partial charge is 0.333 e. The summed E-state index contributed by atoms with van der Waals surface area (Å²) in [6.07, 6.45) is -0.669. The molecule has 0 fully saturated rings. The van der Waals surface area contributed by atoms with Gasteiger partial charge >= 0.3 is 11.9 Å². The van der Waals surface area contributed by atoms with Crippen molar-refractivity contribution in [3.05, 3.63) is 83.9 Å². The van der Waals surface area contributed by atoms with E-state index >= 15 is 0 Å². The van der Waals surface area contributed by atoms with Crippen molar-refractivity contribution >= 4 is 34.7 Å². The van der Waals surface area contributed by atoms with Crippen molar-refractivity contribution in [1.82, 2.24) is 15.0 Å². The number of carbonyl (C=O) groups excluding carboxylic acids is 2. The molecule has 1 unspecified atom stereocenters. The third kappa shape index (κ3) is 7.77. The van der Waals surface area contributed by atoms with Crippen LogP contribution < -0.4 is 0 Å². The monoisotopic (exact) mass is 589 g/mol. The number of esters is 2. The van der Waals surface area contributed by atoms with Crippen molar-refractivity contribution in [2.45, 2.75) is 61.8 Å². The van der Waals surface area contributed by atoms with Crippen LogP contribution in [0.3, 0.4) is 0 Å². The molecule has 4 rings (SSSR count). The number of nitrogens with zero attached hydrogens (tertiary/aromatic N) is 3. The van der Waals surface area contributed by atoms with Gasteiger partial charge in [-0.3, -0.25) is 4.79 Å². The molecule has 9 nitrogen and oxygen atoms in total. The van der Waals surface area contributed by atoms with Gasteiger partial charge in [0.1, 0.15) is 29.1 Å². The number of phenols is 1. The summed E-state index contributed by atoms with van der Waals surface area (Å²) in [5.74, 6) is -1.12. The predicted octanol–water partition coefficient (Wildman–Crippen LogP) is 5.53. The molecular formula is C32H35N3O6S. The minimum atomic E-state index is -0.980. The van der Waals surface area contributed by atoms with E-state index in [1.54, 1.807) is 17.8 Å². The number of hydrogen-bond acceptors (Lipinski definition) is 9. The first kappa shape index (κ1) is 30.8. The molecule has 10 heteroatoms. The number of aliphatic hydroxyl groups is 1. The molecule has 0 aliphatic rings. The van der Waals surface area contributed by atoms with Gasteiger partial charge in [-0.2, -0.15) is 0 Å². The lowest BCUT2D eigenvalue weighted by Gasteiger charge is -2.23. The van der Waals surface area contributed by atoms with E-state index in [2.05, 4.69) is 16.8 Å². The molecule has 0 saturated heterocycles. The number of aliphatic hydroxyl groups excluding tert-OH is 1. The van der Waals surface area contributed by atoms with E-state index in [9.17, 15) is 19.8 Å². The molecule has 4 aromatic rings. The molecule has 42 heavy (non-hydrogen) atoms. The Balaban J connectivity index is 1.55. The molecule has 2 N–H and O–H groups in total. The zero-order valence-corrected chi connectivity index (χ0v) is 25.0. The SMILES string of the molecule is C=C(C)C(=O)OCC(CO)OC(=O)CCc1cc(-n2nc3ccc(Sc4ccccc4)cc3n2)c(O)c(C(C)(C)C)c1. The number of phenolic OH excluding ortho intramolecular Hbond substituents is 1. The highest BCUT2D eigenvalue weighted by Crippen LogP contribution is 2.37. The summed E-state index contributed by atoms with van der Waals surface area (Å²) < 4.78 is 10.3. The number of aromatic nitrogens is 3. The van der Waals surface area contributed by atoms with Crippen LogP contribution in [0.4, 0.5) is 0 Å². The summed E-state index contributed by atoms with van der Waals surface area (Å²) in [5.41, 5.74) is 3.03. The van der Waals surface area contributed by atoms with Crippen LogP contribution in [0.1, 0.15) is 45.2 Å². The second-order valence-electron chi connectivity index (χ2n) is 11.0. The van der Waals surface area contributed by atoms with Crippen LogP contribution in [0.25, 0.3) is 16.7 Å². The zero-order valence-electron chi connectivity index (χ0n) is 24.2. The molecule has 220 valence electrons. The third-order valence-electron chi connectivity index (χ3n) is 6.37. The molecule has 0 aliphatic heterocycles. The molecule has 1 aromatic heterocycles. The van der Waals surface area contributed by atoms with Gasteiger partial charge in [0.15, 0.2) is 6.10 Å². The highest BCUT2D eigenvalue weighted by molar-refractivity contribution is 7.99. The van der Waals surface area contributed by atoms with E-state index in [-0.39, 0.29) is 24.4 Å². The molecule has 0 amide bonds. The Kier molecular flexibility index (Phi) is 9.70. The van der Waals surface area contributed by atoms with Crippen molar-refractivity contribution in [3.8, 4) is 11.4 Å². The van der Waals surface area contributed by atoms with E-state index in [0.29, 0.717) is 28.7 Å². The molecular weight excluding hydrogens is 554 g/mol. The van der Waals surface area contributed by atoms with Crippen molar-refractivity contribution in [3.63, 3.8) is 0 Å². The lowest BCUT2D eigenvalue weighted by Crippen LogP contribution is -2.28. The van der Waals surface area contributed by atoms with Crippen LogP contribution in [0.2, 0.25) is 0 Å². The van der Waals surface area contributed by atoms with Gasteiger partial charge in [0.25, 0.3) is 0 Å². The maximum absolute atomic E-state index is 12.6. The first-order valence-corrected chi connectivity index (χ1v) is 14.4. The molecule has 1 atom stereocenters. The van der Waals surface area contributed by atoms with Gasteiger partial charge < -0.3 is 19.7 Å². The summed E-state index contributed by atoms with van der Waals surface area (Å²) in [6.45, 7) is 10.2. The van der Waals surface area contributed by atoms with E-state index < -0.39 is 30.1 Å². The largest absolute Gasteiger partial charge is 0.505 e. The van der Waals surface area contributed by atoms with Crippen LogP contribution >= 0.6 is 11.8 Å². The van der Waals surface area contributed by atoms with E-state index in [1.807, 2.05) is 75.4 Å². The van der Waals surface area contributed by atoms with Crippen LogP contribution in [-0.2, 0) is 30.9 Å². The number of carbonyl (C=O) groups is 2. The standard InChI is InChI=1S/C32H35N3O6S/c1-20(2)31(39)40-19-22(18-36)41-29(37)14-11-21-15-25(32(3,4)5)30(38)28(16-21)35-33-26-13-12-24(17-27(26)34-35)42-23-9-7-6-8-10-23/h6-10,12-13,15-17,22,36,38H,1,11,14,18-19H2,2-5H3. The Morgan fingerprint density at radius 1 is 1.02 bits per heavy atom. The maximum Gasteiger partial charge on any atom is 0.333 e. The minimum Gasteiger partial charge on any atom is -0.505 e. The normalized spacial score (nSPS) is 12.2. The number of ether oxygens (including phenoxy) is 2. The summed E-state index contributed by atoms with van der Waals surface area (Å²) >= 11 is 1.63. The Morgan fingerprint density at radius 2 is 1.74 bits per heavy atom. The molecule has 0 saturated carbocycles. The molecule has 0 radical (unpaired) electrons.